The lowest BCUT2D eigenvalue weighted by Crippen LogP contribution is -2.60. The molecule has 1 saturated heterocycles. The number of carbonyl (C=O) groups excluding carboxylic acids is 1. The number of piperidine rings is 1. The van der Waals surface area contributed by atoms with E-state index in [0.717, 1.165) is 45.4 Å². The van der Waals surface area contributed by atoms with Gasteiger partial charge in [-0.1, -0.05) is 32.6 Å². The van der Waals surface area contributed by atoms with E-state index in [2.05, 4.69) is 72.1 Å². The molecular formula is C25H38N4O. The van der Waals surface area contributed by atoms with Crippen LogP contribution in [0.15, 0.2) is 37.1 Å². The Balaban J connectivity index is 0.00000256. The zero-order valence-electron chi connectivity index (χ0n) is 18.0. The number of benzene rings is 1. The topological polar surface area (TPSA) is 51.4 Å². The highest BCUT2D eigenvalue weighted by molar-refractivity contribution is 5.89. The Morgan fingerprint density at radius 3 is 2.97 bits per heavy atom. The van der Waals surface area contributed by atoms with Gasteiger partial charge in [-0.25, -0.2) is 0 Å². The first-order valence-corrected chi connectivity index (χ1v) is 10.8. The number of aromatic nitrogens is 1. The van der Waals surface area contributed by atoms with E-state index in [1.807, 2.05) is 6.08 Å². The van der Waals surface area contributed by atoms with Crippen molar-refractivity contribution in [1.82, 2.24) is 20.1 Å². The highest BCUT2D eigenvalue weighted by Crippen LogP contribution is 2.48. The number of rotatable bonds is 7. The quantitative estimate of drug-likeness (QED) is 0.542. The van der Waals surface area contributed by atoms with E-state index < -0.39 is 0 Å². The normalized spacial score (nSPS) is 25.6. The zero-order chi connectivity index (χ0) is 20.6. The fraction of sp³-hybridized carbons (Fsp3) is 0.560. The van der Waals surface area contributed by atoms with Crippen molar-refractivity contribution in [3.05, 3.63) is 48.2 Å². The first-order valence-electron chi connectivity index (χ1n) is 10.8. The average molecular weight is 411 g/mol. The molecule has 0 saturated carbocycles. The molecule has 1 amide bonds. The predicted molar refractivity (Wildman–Crippen MR) is 126 cm³/mol. The second kappa shape index (κ2) is 8.94. The summed E-state index contributed by atoms with van der Waals surface area (Å²) in [4.78, 5) is 21.1. The molecule has 1 aromatic carbocycles. The Kier molecular flexibility index (Phi) is 6.73. The number of hydrogen-bond acceptors (Lipinski definition) is 3. The van der Waals surface area contributed by atoms with Gasteiger partial charge in [-0.05, 0) is 57.1 Å². The summed E-state index contributed by atoms with van der Waals surface area (Å²) in [5, 5.41) is 4.57. The van der Waals surface area contributed by atoms with Crippen LogP contribution in [0.25, 0.3) is 10.9 Å². The van der Waals surface area contributed by atoms with E-state index in [9.17, 15) is 4.79 Å². The lowest BCUT2D eigenvalue weighted by atomic mass is 9.61. The third-order valence-corrected chi connectivity index (χ3v) is 6.93. The van der Waals surface area contributed by atoms with Gasteiger partial charge in [0.2, 0.25) is 5.91 Å². The number of amides is 1. The molecule has 2 aromatic rings. The minimum atomic E-state index is -0.0401. The summed E-state index contributed by atoms with van der Waals surface area (Å²) >= 11 is 0. The van der Waals surface area contributed by atoms with Crippen molar-refractivity contribution in [2.45, 2.75) is 45.1 Å². The van der Waals surface area contributed by atoms with E-state index in [0.29, 0.717) is 6.04 Å². The fourth-order valence-corrected chi connectivity index (χ4v) is 5.56. The second-order valence-electron chi connectivity index (χ2n) is 9.27. The second-order valence-corrected chi connectivity index (χ2v) is 9.27. The number of hydrogen-bond donors (Lipinski definition) is 2. The van der Waals surface area contributed by atoms with Gasteiger partial charge in [-0.15, -0.1) is 6.58 Å². The number of H-pyrrole nitrogens is 1. The monoisotopic (exact) mass is 410 g/mol. The largest absolute Gasteiger partial charge is 0.361 e. The van der Waals surface area contributed by atoms with Crippen molar-refractivity contribution in [1.29, 1.82) is 0 Å². The third-order valence-electron chi connectivity index (χ3n) is 6.93. The van der Waals surface area contributed by atoms with Crippen LogP contribution in [-0.4, -0.2) is 67.0 Å². The summed E-state index contributed by atoms with van der Waals surface area (Å²) in [6.45, 7) is 9.71. The van der Waals surface area contributed by atoms with Crippen LogP contribution < -0.4 is 5.32 Å². The van der Waals surface area contributed by atoms with Crippen molar-refractivity contribution in [2.75, 3.05) is 40.3 Å². The number of likely N-dealkylation sites (tertiary alicyclic amines) is 1. The lowest BCUT2D eigenvalue weighted by molar-refractivity contribution is -0.128. The van der Waals surface area contributed by atoms with Crippen molar-refractivity contribution in [3.63, 3.8) is 0 Å². The van der Waals surface area contributed by atoms with Gasteiger partial charge in [0.1, 0.15) is 0 Å². The maximum Gasteiger partial charge on any atom is 0.224 e. The molecule has 5 heteroatoms. The van der Waals surface area contributed by atoms with Crippen molar-refractivity contribution in [3.8, 4) is 0 Å². The van der Waals surface area contributed by atoms with Gasteiger partial charge in [0.25, 0.3) is 0 Å². The van der Waals surface area contributed by atoms with Crippen LogP contribution >= 0.6 is 0 Å². The highest BCUT2D eigenvalue weighted by atomic mass is 16.1. The molecule has 4 rings (SSSR count). The molecule has 1 unspecified atom stereocenters. The lowest BCUT2D eigenvalue weighted by Gasteiger charge is -2.53. The SMILES string of the molecule is C.C=CCN1C[C@H](C(=O)NCCCN(C)C)CC2(C)c3cccc4[nH]cc(c34)C[C@@H]12. The molecule has 164 valence electrons. The summed E-state index contributed by atoms with van der Waals surface area (Å²) in [7, 11) is 4.13. The molecule has 5 nitrogen and oxygen atoms in total. The van der Waals surface area contributed by atoms with Gasteiger partial charge >= 0.3 is 0 Å². The van der Waals surface area contributed by atoms with E-state index in [-0.39, 0.29) is 24.7 Å². The summed E-state index contributed by atoms with van der Waals surface area (Å²) in [5.74, 6) is 0.204. The summed E-state index contributed by atoms with van der Waals surface area (Å²) in [6.07, 6.45) is 7.05. The molecule has 0 spiro atoms. The smallest absolute Gasteiger partial charge is 0.224 e. The van der Waals surface area contributed by atoms with Gasteiger partial charge < -0.3 is 15.2 Å². The van der Waals surface area contributed by atoms with E-state index >= 15 is 0 Å². The highest BCUT2D eigenvalue weighted by Gasteiger charge is 2.50. The molecule has 30 heavy (non-hydrogen) atoms. The van der Waals surface area contributed by atoms with Gasteiger partial charge in [0.15, 0.2) is 0 Å². The maximum atomic E-state index is 13.1. The van der Waals surface area contributed by atoms with Gasteiger partial charge in [-0.2, -0.15) is 0 Å². The van der Waals surface area contributed by atoms with Gasteiger partial charge in [-0.3, -0.25) is 9.69 Å². The number of fused-ring (bicyclic) bond motifs is 2. The van der Waals surface area contributed by atoms with Gasteiger partial charge in [0, 0.05) is 48.2 Å². The van der Waals surface area contributed by atoms with Crippen LogP contribution in [-0.2, 0) is 16.6 Å². The zero-order valence-corrected chi connectivity index (χ0v) is 18.0. The molecule has 2 aliphatic rings. The van der Waals surface area contributed by atoms with Crippen LogP contribution in [0.4, 0.5) is 0 Å². The Bertz CT molecular complexity index is 902. The van der Waals surface area contributed by atoms with E-state index in [1.165, 1.54) is 22.0 Å². The van der Waals surface area contributed by atoms with Crippen LogP contribution in [0, 0.1) is 5.92 Å². The summed E-state index contributed by atoms with van der Waals surface area (Å²) in [5.41, 5.74) is 3.96. The number of aromatic amines is 1. The molecule has 1 aliphatic heterocycles. The molecule has 1 aliphatic carbocycles. The van der Waals surface area contributed by atoms with E-state index in [4.69, 9.17) is 0 Å². The first kappa shape index (κ1) is 22.6. The van der Waals surface area contributed by atoms with Crippen LogP contribution in [0.5, 0.6) is 0 Å². The molecule has 0 bridgehead atoms. The van der Waals surface area contributed by atoms with Crippen LogP contribution in [0.2, 0.25) is 0 Å². The summed E-state index contributed by atoms with van der Waals surface area (Å²) in [6, 6.07) is 6.97. The number of nitrogens with zero attached hydrogens (tertiary/aromatic N) is 2. The Morgan fingerprint density at radius 1 is 1.43 bits per heavy atom. The molecular weight excluding hydrogens is 372 g/mol. The minimum absolute atomic E-state index is 0. The fourth-order valence-electron chi connectivity index (χ4n) is 5.56. The molecule has 2 N–H and O–H groups in total. The number of nitrogens with one attached hydrogen (secondary N) is 2. The number of carbonyl (C=O) groups is 1. The molecule has 2 heterocycles. The van der Waals surface area contributed by atoms with Crippen molar-refractivity contribution in [2.24, 2.45) is 5.92 Å². The molecule has 0 radical (unpaired) electrons. The third kappa shape index (κ3) is 3.93. The Hall–Kier alpha value is -2.11. The predicted octanol–water partition coefficient (Wildman–Crippen LogP) is 3.56. The molecule has 1 fully saturated rings. The van der Waals surface area contributed by atoms with Crippen LogP contribution in [0.3, 0.4) is 0 Å². The summed E-state index contributed by atoms with van der Waals surface area (Å²) < 4.78 is 0. The maximum absolute atomic E-state index is 13.1. The van der Waals surface area contributed by atoms with Gasteiger partial charge in [0.05, 0.1) is 5.92 Å². The Labute approximate surface area is 181 Å². The minimum Gasteiger partial charge on any atom is -0.361 e. The molecule has 3 atom stereocenters. The first-order chi connectivity index (χ1) is 13.9. The van der Waals surface area contributed by atoms with Crippen LogP contribution in [0.1, 0.15) is 38.3 Å². The molecule has 1 aromatic heterocycles. The van der Waals surface area contributed by atoms with Crippen molar-refractivity contribution >= 4 is 16.8 Å². The van der Waals surface area contributed by atoms with Crippen molar-refractivity contribution < 1.29 is 4.79 Å². The van der Waals surface area contributed by atoms with E-state index in [1.54, 1.807) is 0 Å². The average Bonchev–Trinajstić information content (AvgIpc) is 3.10. The standard InChI is InChI=1S/C24H34N4O.CH4/c1-5-11-28-16-18(23(29)25-10-7-12-27(3)4)14-24(2)19-8-6-9-20-22(19)17(15-26-20)13-21(24)28;/h5-6,8-9,15,18,21,26H,1,7,10-14,16H2,2-4H3,(H,25,29);1H4/t18-,21-,24?;/m1./s1. The Morgan fingerprint density at radius 2 is 2.23 bits per heavy atom.